The highest BCUT2D eigenvalue weighted by molar-refractivity contribution is 5.96. The van der Waals surface area contributed by atoms with E-state index in [0.717, 1.165) is 27.6 Å². The van der Waals surface area contributed by atoms with Crippen LogP contribution in [0.25, 0.3) is 10.8 Å². The fraction of sp³-hybridized carbons (Fsp3) is 0.158. The Morgan fingerprint density at radius 3 is 2.09 bits per heavy atom. The van der Waals surface area contributed by atoms with Gasteiger partial charge in [-0.1, -0.05) is 42.5 Å². The molecule has 0 aliphatic heterocycles. The lowest BCUT2D eigenvalue weighted by Gasteiger charge is -2.20. The van der Waals surface area contributed by atoms with E-state index in [1.807, 2.05) is 44.4 Å². The van der Waals surface area contributed by atoms with E-state index in [1.165, 1.54) is 0 Å². The van der Waals surface area contributed by atoms with Gasteiger partial charge in [0.2, 0.25) is 0 Å². The number of rotatable bonds is 3. The molecule has 3 aromatic rings. The Hall–Kier alpha value is -2.52. The van der Waals surface area contributed by atoms with E-state index >= 15 is 0 Å². The Labute approximate surface area is 130 Å². The van der Waals surface area contributed by atoms with Crippen LogP contribution in [0.1, 0.15) is 17.2 Å². The number of aromatic hydroxyl groups is 1. The van der Waals surface area contributed by atoms with Crippen LogP contribution < -0.4 is 4.90 Å². The fourth-order valence-corrected chi connectivity index (χ4v) is 2.77. The molecule has 0 bridgehead atoms. The molecule has 3 rings (SSSR count). The number of benzene rings is 3. The summed E-state index contributed by atoms with van der Waals surface area (Å²) >= 11 is 0. The van der Waals surface area contributed by atoms with Crippen molar-refractivity contribution < 1.29 is 10.2 Å². The second-order valence-corrected chi connectivity index (χ2v) is 5.61. The first kappa shape index (κ1) is 14.4. The molecule has 112 valence electrons. The van der Waals surface area contributed by atoms with E-state index in [4.69, 9.17) is 0 Å². The van der Waals surface area contributed by atoms with Crippen LogP contribution in [-0.4, -0.2) is 24.3 Å². The predicted molar refractivity (Wildman–Crippen MR) is 90.4 cm³/mol. The molecule has 3 nitrogen and oxygen atoms in total. The third kappa shape index (κ3) is 2.51. The van der Waals surface area contributed by atoms with Gasteiger partial charge >= 0.3 is 0 Å². The summed E-state index contributed by atoms with van der Waals surface area (Å²) in [6.45, 7) is 0. The second-order valence-electron chi connectivity index (χ2n) is 5.61. The van der Waals surface area contributed by atoms with Gasteiger partial charge < -0.3 is 15.1 Å². The Balaban J connectivity index is 2.15. The Morgan fingerprint density at radius 2 is 1.45 bits per heavy atom. The van der Waals surface area contributed by atoms with Crippen molar-refractivity contribution in [3.05, 3.63) is 71.8 Å². The van der Waals surface area contributed by atoms with Crippen molar-refractivity contribution in [1.29, 1.82) is 0 Å². The van der Waals surface area contributed by atoms with Gasteiger partial charge in [0.1, 0.15) is 11.9 Å². The van der Waals surface area contributed by atoms with Crippen LogP contribution in [0.3, 0.4) is 0 Å². The highest BCUT2D eigenvalue weighted by Gasteiger charge is 2.15. The van der Waals surface area contributed by atoms with E-state index in [1.54, 1.807) is 24.3 Å². The molecular weight excluding hydrogens is 274 g/mol. The summed E-state index contributed by atoms with van der Waals surface area (Å²) in [5, 5.41) is 22.3. The molecule has 0 aliphatic carbocycles. The molecule has 0 aliphatic rings. The van der Waals surface area contributed by atoms with E-state index < -0.39 is 6.10 Å². The quantitative estimate of drug-likeness (QED) is 0.774. The van der Waals surface area contributed by atoms with Gasteiger partial charge in [-0.05, 0) is 34.7 Å². The Kier molecular flexibility index (Phi) is 3.73. The lowest BCUT2D eigenvalue weighted by Crippen LogP contribution is -2.10. The van der Waals surface area contributed by atoms with Crippen molar-refractivity contribution >= 4 is 16.5 Å². The number of fused-ring (bicyclic) bond motifs is 1. The van der Waals surface area contributed by atoms with Gasteiger partial charge in [-0.25, -0.2) is 0 Å². The fourth-order valence-electron chi connectivity index (χ4n) is 2.77. The van der Waals surface area contributed by atoms with Gasteiger partial charge in [-0.3, -0.25) is 0 Å². The van der Waals surface area contributed by atoms with Gasteiger partial charge in [0.05, 0.1) is 0 Å². The normalized spacial score (nSPS) is 12.3. The summed E-state index contributed by atoms with van der Waals surface area (Å²) < 4.78 is 0. The molecule has 0 radical (unpaired) electrons. The van der Waals surface area contributed by atoms with Crippen LogP contribution in [0.5, 0.6) is 5.75 Å². The molecule has 22 heavy (non-hydrogen) atoms. The van der Waals surface area contributed by atoms with Crippen molar-refractivity contribution in [2.75, 3.05) is 19.0 Å². The zero-order valence-corrected chi connectivity index (χ0v) is 12.7. The number of hydrogen-bond acceptors (Lipinski definition) is 3. The number of nitrogens with zero attached hydrogens (tertiary/aromatic N) is 1. The molecule has 3 heteroatoms. The van der Waals surface area contributed by atoms with Gasteiger partial charge in [0.25, 0.3) is 0 Å². The van der Waals surface area contributed by atoms with Crippen LogP contribution in [0.2, 0.25) is 0 Å². The number of phenols is 1. The van der Waals surface area contributed by atoms with Gasteiger partial charge in [0.15, 0.2) is 0 Å². The predicted octanol–water partition coefficient (Wildman–Crippen LogP) is 3.69. The SMILES string of the molecule is CN(C)c1ccc([C@H](O)c2ccc(O)cc2)c2ccccc12. The maximum Gasteiger partial charge on any atom is 0.115 e. The Bertz CT molecular complexity index is 794. The van der Waals surface area contributed by atoms with Crippen molar-refractivity contribution in [1.82, 2.24) is 0 Å². The van der Waals surface area contributed by atoms with Crippen LogP contribution in [0, 0.1) is 0 Å². The number of aliphatic hydroxyl groups is 1. The lowest BCUT2D eigenvalue weighted by molar-refractivity contribution is 0.222. The average Bonchev–Trinajstić information content (AvgIpc) is 2.53. The maximum absolute atomic E-state index is 10.7. The average molecular weight is 293 g/mol. The van der Waals surface area contributed by atoms with Gasteiger partial charge in [-0.15, -0.1) is 0 Å². The molecule has 0 aromatic heterocycles. The van der Waals surface area contributed by atoms with E-state index in [0.29, 0.717) is 0 Å². The van der Waals surface area contributed by atoms with Crippen LogP contribution in [0.4, 0.5) is 5.69 Å². The van der Waals surface area contributed by atoms with Crippen molar-refractivity contribution in [3.63, 3.8) is 0 Å². The molecule has 0 amide bonds. The van der Waals surface area contributed by atoms with Crippen molar-refractivity contribution in [2.45, 2.75) is 6.10 Å². The van der Waals surface area contributed by atoms with Crippen LogP contribution in [0.15, 0.2) is 60.7 Å². The summed E-state index contributed by atoms with van der Waals surface area (Å²) in [6.07, 6.45) is -0.721. The van der Waals surface area contributed by atoms with Gasteiger partial charge in [-0.2, -0.15) is 0 Å². The summed E-state index contributed by atoms with van der Waals surface area (Å²) in [5.41, 5.74) is 2.75. The molecule has 0 spiro atoms. The highest BCUT2D eigenvalue weighted by atomic mass is 16.3. The summed E-state index contributed by atoms with van der Waals surface area (Å²) in [5.74, 6) is 0.198. The zero-order chi connectivity index (χ0) is 15.7. The van der Waals surface area contributed by atoms with Crippen LogP contribution in [-0.2, 0) is 0 Å². The van der Waals surface area contributed by atoms with E-state index in [-0.39, 0.29) is 5.75 Å². The van der Waals surface area contributed by atoms with Crippen molar-refractivity contribution in [2.24, 2.45) is 0 Å². The standard InChI is InChI=1S/C19H19NO2/c1-20(2)18-12-11-17(15-5-3-4-6-16(15)18)19(22)13-7-9-14(21)10-8-13/h3-12,19,21-22H,1-2H3/t19-/m1/s1. The lowest BCUT2D eigenvalue weighted by atomic mass is 9.95. The first-order valence-electron chi connectivity index (χ1n) is 7.24. The number of phenolic OH excluding ortho intramolecular Hbond substituents is 1. The minimum Gasteiger partial charge on any atom is -0.508 e. The zero-order valence-electron chi connectivity index (χ0n) is 12.7. The first-order chi connectivity index (χ1) is 10.6. The molecule has 3 aromatic carbocycles. The van der Waals surface area contributed by atoms with E-state index in [9.17, 15) is 10.2 Å². The number of aliphatic hydroxyl groups excluding tert-OH is 1. The molecule has 1 atom stereocenters. The second kappa shape index (κ2) is 5.70. The molecule has 0 heterocycles. The molecule has 0 saturated carbocycles. The first-order valence-corrected chi connectivity index (χ1v) is 7.24. The molecule has 2 N–H and O–H groups in total. The molecule has 0 fully saturated rings. The summed E-state index contributed by atoms with van der Waals surface area (Å²) in [6, 6.07) is 18.8. The van der Waals surface area contributed by atoms with Crippen LogP contribution >= 0.6 is 0 Å². The van der Waals surface area contributed by atoms with Crippen molar-refractivity contribution in [3.8, 4) is 5.75 Å². The third-order valence-corrected chi connectivity index (χ3v) is 3.92. The molecule has 0 saturated heterocycles. The third-order valence-electron chi connectivity index (χ3n) is 3.92. The highest BCUT2D eigenvalue weighted by Crippen LogP contribution is 2.34. The minimum atomic E-state index is -0.721. The Morgan fingerprint density at radius 1 is 0.818 bits per heavy atom. The topological polar surface area (TPSA) is 43.7 Å². The molecule has 0 unspecified atom stereocenters. The number of hydrogen-bond donors (Lipinski definition) is 2. The van der Waals surface area contributed by atoms with Gasteiger partial charge in [0, 0.05) is 25.2 Å². The number of anilines is 1. The monoisotopic (exact) mass is 293 g/mol. The maximum atomic E-state index is 10.7. The smallest absolute Gasteiger partial charge is 0.115 e. The minimum absolute atomic E-state index is 0.198. The summed E-state index contributed by atoms with van der Waals surface area (Å²) in [4.78, 5) is 2.07. The molecular formula is C19H19NO2. The van der Waals surface area contributed by atoms with E-state index in [2.05, 4.69) is 11.0 Å². The summed E-state index contributed by atoms with van der Waals surface area (Å²) in [7, 11) is 4.02. The largest absolute Gasteiger partial charge is 0.508 e.